The summed E-state index contributed by atoms with van der Waals surface area (Å²) < 4.78 is 11.2. The molecule has 2 heterocycles. The Morgan fingerprint density at radius 1 is 1.48 bits per heavy atom. The van der Waals surface area contributed by atoms with Crippen LogP contribution in [-0.2, 0) is 4.74 Å². The summed E-state index contributed by atoms with van der Waals surface area (Å²) in [5.74, 6) is 2.06. The molecule has 2 rings (SSSR count). The van der Waals surface area contributed by atoms with Gasteiger partial charge in [0, 0.05) is 32.2 Å². The summed E-state index contributed by atoms with van der Waals surface area (Å²) in [5.41, 5.74) is 0. The Bertz CT molecular complexity index is 428. The SMILES string of the molecule is CCOc1cc(NCC2CN(CC(C)C)CCO2)ncn1. The van der Waals surface area contributed by atoms with Crippen molar-refractivity contribution in [3.8, 4) is 5.88 Å². The van der Waals surface area contributed by atoms with Gasteiger partial charge in [0.2, 0.25) is 5.88 Å². The second kappa shape index (κ2) is 8.14. The van der Waals surface area contributed by atoms with Crippen LogP contribution in [0.15, 0.2) is 12.4 Å². The number of aromatic nitrogens is 2. The number of morpholine rings is 1. The van der Waals surface area contributed by atoms with Crippen molar-refractivity contribution in [3.63, 3.8) is 0 Å². The average Bonchev–Trinajstić information content (AvgIpc) is 2.46. The Kier molecular flexibility index (Phi) is 6.20. The summed E-state index contributed by atoms with van der Waals surface area (Å²) in [5, 5.41) is 3.30. The highest BCUT2D eigenvalue weighted by Crippen LogP contribution is 2.12. The summed E-state index contributed by atoms with van der Waals surface area (Å²) in [6.07, 6.45) is 1.71. The normalized spacial score (nSPS) is 19.7. The molecule has 6 nitrogen and oxygen atoms in total. The molecule has 21 heavy (non-hydrogen) atoms. The lowest BCUT2D eigenvalue weighted by molar-refractivity contribution is -0.0244. The number of nitrogens with one attached hydrogen (secondary N) is 1. The number of hydrogen-bond donors (Lipinski definition) is 1. The third-order valence-corrected chi connectivity index (χ3v) is 3.29. The Balaban J connectivity index is 1.80. The third-order valence-electron chi connectivity index (χ3n) is 3.29. The van der Waals surface area contributed by atoms with Crippen molar-refractivity contribution in [1.82, 2.24) is 14.9 Å². The topological polar surface area (TPSA) is 59.5 Å². The fourth-order valence-electron chi connectivity index (χ4n) is 2.47. The molecule has 118 valence electrons. The monoisotopic (exact) mass is 294 g/mol. The molecule has 1 aliphatic rings. The van der Waals surface area contributed by atoms with Gasteiger partial charge in [-0.15, -0.1) is 0 Å². The summed E-state index contributed by atoms with van der Waals surface area (Å²) in [7, 11) is 0. The van der Waals surface area contributed by atoms with Gasteiger partial charge in [0.25, 0.3) is 0 Å². The van der Waals surface area contributed by atoms with Crippen LogP contribution in [0.3, 0.4) is 0 Å². The maximum atomic E-state index is 5.81. The van der Waals surface area contributed by atoms with E-state index in [-0.39, 0.29) is 6.10 Å². The summed E-state index contributed by atoms with van der Waals surface area (Å²) in [4.78, 5) is 10.7. The molecular weight excluding hydrogens is 268 g/mol. The van der Waals surface area contributed by atoms with Crippen molar-refractivity contribution in [2.75, 3.05) is 44.7 Å². The molecule has 1 aliphatic heterocycles. The van der Waals surface area contributed by atoms with Gasteiger partial charge in [-0.2, -0.15) is 0 Å². The summed E-state index contributed by atoms with van der Waals surface area (Å²) in [6.45, 7) is 11.7. The maximum Gasteiger partial charge on any atom is 0.218 e. The van der Waals surface area contributed by atoms with Crippen molar-refractivity contribution < 1.29 is 9.47 Å². The molecule has 0 bridgehead atoms. The Morgan fingerprint density at radius 3 is 3.10 bits per heavy atom. The molecule has 1 aromatic rings. The number of hydrogen-bond acceptors (Lipinski definition) is 6. The lowest BCUT2D eigenvalue weighted by Crippen LogP contribution is -2.46. The molecule has 0 radical (unpaired) electrons. The van der Waals surface area contributed by atoms with Crippen LogP contribution in [-0.4, -0.2) is 60.4 Å². The molecule has 0 aliphatic carbocycles. The van der Waals surface area contributed by atoms with Crippen molar-refractivity contribution in [3.05, 3.63) is 12.4 Å². The standard InChI is InChI=1S/C15H26N4O2/c1-4-20-15-7-14(17-11-18-15)16-8-13-10-19(5-6-21-13)9-12(2)3/h7,11-13H,4-6,8-10H2,1-3H3,(H,16,17,18). The zero-order chi connectivity index (χ0) is 15.1. The maximum absolute atomic E-state index is 5.81. The van der Waals surface area contributed by atoms with Crippen LogP contribution < -0.4 is 10.1 Å². The molecular formula is C15H26N4O2. The minimum Gasteiger partial charge on any atom is -0.478 e. The Hall–Kier alpha value is -1.40. The minimum atomic E-state index is 0.197. The van der Waals surface area contributed by atoms with E-state index in [1.807, 2.05) is 13.0 Å². The molecule has 0 saturated carbocycles. The fraction of sp³-hybridized carbons (Fsp3) is 0.733. The summed E-state index contributed by atoms with van der Waals surface area (Å²) in [6, 6.07) is 1.82. The highest BCUT2D eigenvalue weighted by molar-refractivity contribution is 5.37. The fourth-order valence-corrected chi connectivity index (χ4v) is 2.47. The van der Waals surface area contributed by atoms with Crippen LogP contribution in [0, 0.1) is 5.92 Å². The molecule has 0 aromatic carbocycles. The van der Waals surface area contributed by atoms with E-state index in [0.717, 1.165) is 38.6 Å². The molecule has 1 unspecified atom stereocenters. The second-order valence-electron chi connectivity index (χ2n) is 5.70. The van der Waals surface area contributed by atoms with E-state index >= 15 is 0 Å². The predicted molar refractivity (Wildman–Crippen MR) is 82.7 cm³/mol. The van der Waals surface area contributed by atoms with Gasteiger partial charge in [0.15, 0.2) is 0 Å². The molecule has 1 N–H and O–H groups in total. The van der Waals surface area contributed by atoms with Crippen LogP contribution in [0.1, 0.15) is 20.8 Å². The van der Waals surface area contributed by atoms with Crippen molar-refractivity contribution in [2.45, 2.75) is 26.9 Å². The Morgan fingerprint density at radius 2 is 2.33 bits per heavy atom. The van der Waals surface area contributed by atoms with Crippen molar-refractivity contribution >= 4 is 5.82 Å². The largest absolute Gasteiger partial charge is 0.478 e. The van der Waals surface area contributed by atoms with Gasteiger partial charge in [0.05, 0.1) is 19.3 Å². The van der Waals surface area contributed by atoms with E-state index < -0.39 is 0 Å². The molecule has 1 saturated heterocycles. The van der Waals surface area contributed by atoms with Crippen molar-refractivity contribution in [2.24, 2.45) is 5.92 Å². The number of ether oxygens (including phenoxy) is 2. The van der Waals surface area contributed by atoms with Gasteiger partial charge in [-0.3, -0.25) is 4.90 Å². The lowest BCUT2D eigenvalue weighted by atomic mass is 10.2. The van der Waals surface area contributed by atoms with Gasteiger partial charge in [-0.1, -0.05) is 13.8 Å². The van der Waals surface area contributed by atoms with Crippen LogP contribution in [0.25, 0.3) is 0 Å². The molecule has 6 heteroatoms. The summed E-state index contributed by atoms with van der Waals surface area (Å²) >= 11 is 0. The first-order valence-corrected chi connectivity index (χ1v) is 7.70. The van der Waals surface area contributed by atoms with E-state index in [9.17, 15) is 0 Å². The van der Waals surface area contributed by atoms with Crippen LogP contribution in [0.4, 0.5) is 5.82 Å². The minimum absolute atomic E-state index is 0.197. The Labute approximate surface area is 126 Å². The van der Waals surface area contributed by atoms with E-state index in [2.05, 4.69) is 34.0 Å². The quantitative estimate of drug-likeness (QED) is 0.825. The van der Waals surface area contributed by atoms with Gasteiger partial charge in [0.1, 0.15) is 12.1 Å². The van der Waals surface area contributed by atoms with E-state index in [4.69, 9.17) is 9.47 Å². The molecule has 1 fully saturated rings. The van der Waals surface area contributed by atoms with Crippen LogP contribution in [0.2, 0.25) is 0 Å². The van der Waals surface area contributed by atoms with Crippen LogP contribution >= 0.6 is 0 Å². The van der Waals surface area contributed by atoms with Gasteiger partial charge >= 0.3 is 0 Å². The van der Waals surface area contributed by atoms with Crippen molar-refractivity contribution in [1.29, 1.82) is 0 Å². The first kappa shape index (κ1) is 16.0. The molecule has 0 amide bonds. The number of nitrogens with zero attached hydrogens (tertiary/aromatic N) is 3. The predicted octanol–water partition coefficient (Wildman–Crippen LogP) is 1.64. The van der Waals surface area contributed by atoms with Gasteiger partial charge in [-0.05, 0) is 12.8 Å². The number of anilines is 1. The second-order valence-corrected chi connectivity index (χ2v) is 5.70. The van der Waals surface area contributed by atoms with E-state index in [0.29, 0.717) is 18.4 Å². The third kappa shape index (κ3) is 5.47. The zero-order valence-corrected chi connectivity index (χ0v) is 13.2. The molecule has 0 spiro atoms. The zero-order valence-electron chi connectivity index (χ0n) is 13.2. The first-order chi connectivity index (χ1) is 10.2. The highest BCUT2D eigenvalue weighted by Gasteiger charge is 2.20. The van der Waals surface area contributed by atoms with Gasteiger partial charge in [-0.25, -0.2) is 9.97 Å². The smallest absolute Gasteiger partial charge is 0.218 e. The molecule has 1 atom stereocenters. The number of rotatable bonds is 7. The van der Waals surface area contributed by atoms with Gasteiger partial charge < -0.3 is 14.8 Å². The van der Waals surface area contributed by atoms with E-state index in [1.165, 1.54) is 6.33 Å². The van der Waals surface area contributed by atoms with E-state index in [1.54, 1.807) is 0 Å². The average molecular weight is 294 g/mol. The molecule has 1 aromatic heterocycles. The highest BCUT2D eigenvalue weighted by atomic mass is 16.5. The van der Waals surface area contributed by atoms with Crippen LogP contribution in [0.5, 0.6) is 5.88 Å². The lowest BCUT2D eigenvalue weighted by Gasteiger charge is -2.34. The first-order valence-electron chi connectivity index (χ1n) is 7.70.